The lowest BCUT2D eigenvalue weighted by molar-refractivity contribution is -0.136. The van der Waals surface area contributed by atoms with Gasteiger partial charge in [0.1, 0.15) is 0 Å². The fourth-order valence-corrected chi connectivity index (χ4v) is 2.35. The van der Waals surface area contributed by atoms with Gasteiger partial charge >= 0.3 is 11.8 Å². The van der Waals surface area contributed by atoms with E-state index >= 15 is 0 Å². The summed E-state index contributed by atoms with van der Waals surface area (Å²) in [6.07, 6.45) is 3.46. The number of thioether (sulfide) groups is 1. The summed E-state index contributed by atoms with van der Waals surface area (Å²) >= 11 is 7.61. The van der Waals surface area contributed by atoms with E-state index in [1.807, 2.05) is 37.4 Å². The van der Waals surface area contributed by atoms with Crippen LogP contribution in [0, 0.1) is 6.92 Å². The summed E-state index contributed by atoms with van der Waals surface area (Å²) in [5.41, 5.74) is 4.34. The number of carbonyl (C=O) groups excluding carboxylic acids is 2. The molecule has 0 heterocycles. The maximum Gasteiger partial charge on any atom is 0.329 e. The summed E-state index contributed by atoms with van der Waals surface area (Å²) in [6, 6.07) is 12.6. The minimum absolute atomic E-state index is 0.447. The van der Waals surface area contributed by atoms with Crippen LogP contribution >= 0.6 is 23.4 Å². The molecule has 7 heteroatoms. The van der Waals surface area contributed by atoms with Gasteiger partial charge in [0.2, 0.25) is 0 Å². The summed E-state index contributed by atoms with van der Waals surface area (Å²) in [7, 11) is 0. The number of nitrogens with one attached hydrogen (secondary N) is 2. The molecule has 0 aliphatic carbocycles. The molecule has 0 aromatic heterocycles. The molecule has 2 aromatic carbocycles. The molecular formula is C17H16ClN3O2S. The number of hydrazone groups is 1. The number of halogens is 1. The molecule has 2 N–H and O–H groups in total. The molecule has 0 saturated heterocycles. The summed E-state index contributed by atoms with van der Waals surface area (Å²) in [5, 5.41) is 6.75. The molecule has 0 bridgehead atoms. The van der Waals surface area contributed by atoms with Gasteiger partial charge in [-0.25, -0.2) is 5.43 Å². The van der Waals surface area contributed by atoms with Gasteiger partial charge in [0.15, 0.2) is 0 Å². The van der Waals surface area contributed by atoms with Crippen LogP contribution in [-0.4, -0.2) is 24.3 Å². The lowest BCUT2D eigenvalue weighted by Crippen LogP contribution is -2.32. The van der Waals surface area contributed by atoms with Crippen molar-refractivity contribution in [2.75, 3.05) is 11.6 Å². The Hall–Kier alpha value is -2.31. The third-order valence-corrected chi connectivity index (χ3v) is 4.28. The molecule has 2 rings (SSSR count). The van der Waals surface area contributed by atoms with E-state index in [0.29, 0.717) is 10.7 Å². The summed E-state index contributed by atoms with van der Waals surface area (Å²) < 4.78 is 0. The Morgan fingerprint density at radius 1 is 1.12 bits per heavy atom. The molecule has 0 radical (unpaired) electrons. The molecule has 5 nitrogen and oxygen atoms in total. The Balaban J connectivity index is 1.89. The highest BCUT2D eigenvalue weighted by Crippen LogP contribution is 2.19. The smallest absolute Gasteiger partial charge is 0.318 e. The van der Waals surface area contributed by atoms with Gasteiger partial charge in [0, 0.05) is 15.6 Å². The van der Waals surface area contributed by atoms with Crippen molar-refractivity contribution in [2.24, 2.45) is 5.10 Å². The molecule has 124 valence electrons. The van der Waals surface area contributed by atoms with Crippen LogP contribution in [0.1, 0.15) is 11.1 Å². The van der Waals surface area contributed by atoms with Crippen LogP contribution in [-0.2, 0) is 9.59 Å². The molecule has 0 atom stereocenters. The lowest BCUT2D eigenvalue weighted by atomic mass is 10.2. The second-order valence-electron chi connectivity index (χ2n) is 4.89. The number of carbonyl (C=O) groups is 2. The van der Waals surface area contributed by atoms with Gasteiger partial charge in [0.25, 0.3) is 0 Å². The van der Waals surface area contributed by atoms with Gasteiger partial charge in [0.05, 0.1) is 6.21 Å². The van der Waals surface area contributed by atoms with Crippen LogP contribution in [0.2, 0.25) is 5.02 Å². The molecule has 0 aliphatic rings. The van der Waals surface area contributed by atoms with Crippen molar-refractivity contribution in [3.05, 3.63) is 58.6 Å². The molecular weight excluding hydrogens is 346 g/mol. The standard InChI is InChI=1S/C17H16ClN3O2S/c1-11-3-6-13(9-15(11)18)20-16(22)17(23)21-19-10-12-4-7-14(24-2)8-5-12/h3-10H,1-2H3,(H,20,22)(H,21,23)/b19-10+. The van der Waals surface area contributed by atoms with Gasteiger partial charge in [-0.1, -0.05) is 29.8 Å². The van der Waals surface area contributed by atoms with Crippen molar-refractivity contribution < 1.29 is 9.59 Å². The van der Waals surface area contributed by atoms with Crippen molar-refractivity contribution in [2.45, 2.75) is 11.8 Å². The average molecular weight is 362 g/mol. The van der Waals surface area contributed by atoms with Gasteiger partial charge in [-0.2, -0.15) is 5.10 Å². The second-order valence-corrected chi connectivity index (χ2v) is 6.18. The van der Waals surface area contributed by atoms with Gasteiger partial charge in [-0.05, 0) is 48.6 Å². The predicted molar refractivity (Wildman–Crippen MR) is 98.8 cm³/mol. The monoisotopic (exact) mass is 361 g/mol. The van der Waals surface area contributed by atoms with E-state index < -0.39 is 11.8 Å². The van der Waals surface area contributed by atoms with E-state index in [9.17, 15) is 9.59 Å². The molecule has 0 spiro atoms. The Bertz CT molecular complexity index is 776. The van der Waals surface area contributed by atoms with Crippen molar-refractivity contribution in [3.8, 4) is 0 Å². The van der Waals surface area contributed by atoms with Crippen LogP contribution in [0.3, 0.4) is 0 Å². The zero-order valence-electron chi connectivity index (χ0n) is 13.2. The van der Waals surface area contributed by atoms with Crippen LogP contribution in [0.4, 0.5) is 5.69 Å². The number of amides is 2. The quantitative estimate of drug-likeness (QED) is 0.379. The zero-order chi connectivity index (χ0) is 17.5. The molecule has 24 heavy (non-hydrogen) atoms. The highest BCUT2D eigenvalue weighted by molar-refractivity contribution is 7.98. The number of nitrogens with zero attached hydrogens (tertiary/aromatic N) is 1. The largest absolute Gasteiger partial charge is 0.329 e. The van der Waals surface area contributed by atoms with Crippen molar-refractivity contribution in [1.29, 1.82) is 0 Å². The first-order valence-electron chi connectivity index (χ1n) is 7.04. The molecule has 2 aromatic rings. The van der Waals surface area contributed by atoms with Crippen molar-refractivity contribution >= 4 is 47.1 Å². The number of anilines is 1. The minimum Gasteiger partial charge on any atom is -0.318 e. The van der Waals surface area contributed by atoms with Crippen LogP contribution in [0.5, 0.6) is 0 Å². The first-order valence-corrected chi connectivity index (χ1v) is 8.64. The third kappa shape index (κ3) is 5.11. The maximum atomic E-state index is 11.8. The number of aryl methyl sites for hydroxylation is 1. The number of benzene rings is 2. The Morgan fingerprint density at radius 3 is 2.46 bits per heavy atom. The number of rotatable bonds is 4. The summed E-state index contributed by atoms with van der Waals surface area (Å²) in [5.74, 6) is -1.67. The van der Waals surface area contributed by atoms with Crippen LogP contribution in [0.15, 0.2) is 52.5 Å². The molecule has 0 aliphatic heterocycles. The Labute approximate surface area is 149 Å². The number of hydrogen-bond donors (Lipinski definition) is 2. The van der Waals surface area contributed by atoms with Crippen molar-refractivity contribution in [3.63, 3.8) is 0 Å². The SMILES string of the molecule is CSc1ccc(/C=N/NC(=O)C(=O)Nc2ccc(C)c(Cl)c2)cc1. The summed E-state index contributed by atoms with van der Waals surface area (Å²) in [6.45, 7) is 1.85. The first kappa shape index (κ1) is 18.0. The third-order valence-electron chi connectivity index (χ3n) is 3.13. The Kier molecular flexibility index (Phi) is 6.40. The van der Waals surface area contributed by atoms with E-state index in [1.165, 1.54) is 6.21 Å². The van der Waals surface area contributed by atoms with Crippen LogP contribution in [0.25, 0.3) is 0 Å². The second kappa shape index (κ2) is 8.52. The highest BCUT2D eigenvalue weighted by atomic mass is 35.5. The Morgan fingerprint density at radius 2 is 1.83 bits per heavy atom. The van der Waals surface area contributed by atoms with E-state index in [1.54, 1.807) is 30.0 Å². The fraction of sp³-hybridized carbons (Fsp3) is 0.118. The normalized spacial score (nSPS) is 10.6. The fourth-order valence-electron chi connectivity index (χ4n) is 1.76. The molecule has 0 saturated carbocycles. The lowest BCUT2D eigenvalue weighted by Gasteiger charge is -2.05. The zero-order valence-corrected chi connectivity index (χ0v) is 14.7. The van der Waals surface area contributed by atoms with Gasteiger partial charge < -0.3 is 5.32 Å². The highest BCUT2D eigenvalue weighted by Gasteiger charge is 2.13. The van der Waals surface area contributed by atoms with E-state index in [-0.39, 0.29) is 0 Å². The maximum absolute atomic E-state index is 11.8. The van der Waals surface area contributed by atoms with Crippen molar-refractivity contribution in [1.82, 2.24) is 5.43 Å². The molecule has 0 unspecified atom stereocenters. The van der Waals surface area contributed by atoms with Gasteiger partial charge in [-0.3, -0.25) is 9.59 Å². The van der Waals surface area contributed by atoms with E-state index in [0.717, 1.165) is 16.0 Å². The predicted octanol–water partition coefficient (Wildman–Crippen LogP) is 3.46. The molecule has 0 fully saturated rings. The van der Waals surface area contributed by atoms with Gasteiger partial charge in [-0.15, -0.1) is 11.8 Å². The van der Waals surface area contributed by atoms with Crippen LogP contribution < -0.4 is 10.7 Å². The first-order chi connectivity index (χ1) is 11.5. The van der Waals surface area contributed by atoms with E-state index in [4.69, 9.17) is 11.6 Å². The topological polar surface area (TPSA) is 70.6 Å². The molecule has 2 amide bonds. The average Bonchev–Trinajstić information content (AvgIpc) is 2.58. The minimum atomic E-state index is -0.858. The summed E-state index contributed by atoms with van der Waals surface area (Å²) in [4.78, 5) is 24.6. The number of hydrogen-bond acceptors (Lipinski definition) is 4. The van der Waals surface area contributed by atoms with E-state index in [2.05, 4.69) is 15.8 Å².